The van der Waals surface area contributed by atoms with Crippen molar-refractivity contribution in [2.75, 3.05) is 11.9 Å². The van der Waals surface area contributed by atoms with Crippen LogP contribution >= 0.6 is 0 Å². The first-order valence-electron chi connectivity index (χ1n) is 11.0. The van der Waals surface area contributed by atoms with Gasteiger partial charge in [-0.3, -0.25) is 4.79 Å². The van der Waals surface area contributed by atoms with Gasteiger partial charge < -0.3 is 10.2 Å². The summed E-state index contributed by atoms with van der Waals surface area (Å²) in [5.74, 6) is 0.751. The molecule has 176 valence electrons. The van der Waals surface area contributed by atoms with Gasteiger partial charge in [-0.2, -0.15) is 13.2 Å². The fourth-order valence-corrected chi connectivity index (χ4v) is 4.80. The van der Waals surface area contributed by atoms with Crippen LogP contribution in [0.2, 0.25) is 0 Å². The summed E-state index contributed by atoms with van der Waals surface area (Å²) in [5.41, 5.74) is 0.531. The summed E-state index contributed by atoms with van der Waals surface area (Å²) in [6, 6.07) is 5.03. The van der Waals surface area contributed by atoms with Crippen molar-refractivity contribution in [2.45, 2.75) is 44.4 Å². The van der Waals surface area contributed by atoms with E-state index in [1.807, 2.05) is 17.9 Å². The van der Waals surface area contributed by atoms with E-state index in [9.17, 15) is 18.0 Å². The molecule has 0 radical (unpaired) electrons. The number of pyridine rings is 1. The van der Waals surface area contributed by atoms with Crippen LogP contribution in [-0.4, -0.2) is 54.4 Å². The molecule has 11 heteroatoms. The van der Waals surface area contributed by atoms with Gasteiger partial charge in [0.15, 0.2) is 11.5 Å². The van der Waals surface area contributed by atoms with Crippen LogP contribution < -0.4 is 5.32 Å². The molecule has 1 amide bonds. The number of hydrogen-bond acceptors (Lipinski definition) is 7. The average molecular weight is 469 g/mol. The van der Waals surface area contributed by atoms with E-state index in [4.69, 9.17) is 0 Å². The monoisotopic (exact) mass is 469 g/mol. The highest BCUT2D eigenvalue weighted by molar-refractivity contribution is 5.98. The number of rotatable bonds is 4. The maximum atomic E-state index is 13.7. The van der Waals surface area contributed by atoms with Crippen molar-refractivity contribution in [1.29, 1.82) is 0 Å². The summed E-state index contributed by atoms with van der Waals surface area (Å²) in [5, 5.41) is 3.20. The Kier molecular flexibility index (Phi) is 5.62. The molecule has 8 nitrogen and oxygen atoms in total. The molecule has 6 rings (SSSR count). The Morgan fingerprint density at radius 2 is 1.88 bits per heavy atom. The molecule has 1 aliphatic carbocycles. The first-order chi connectivity index (χ1) is 16.3. The van der Waals surface area contributed by atoms with Crippen molar-refractivity contribution in [3.05, 3.63) is 60.1 Å². The van der Waals surface area contributed by atoms with E-state index in [-0.39, 0.29) is 29.7 Å². The third-order valence-electron chi connectivity index (χ3n) is 6.36. The van der Waals surface area contributed by atoms with Crippen molar-refractivity contribution < 1.29 is 18.0 Å². The SMILES string of the molecule is Cc1ccc(-c2ncccn2)c(C(=O)N2C[C@@H]3CC[C@H]2[C@H](Nc2cnc(C(F)(F)F)cn2)C3)n1. The van der Waals surface area contributed by atoms with Crippen molar-refractivity contribution in [3.8, 4) is 11.4 Å². The number of nitrogens with zero attached hydrogens (tertiary/aromatic N) is 6. The smallest absolute Gasteiger partial charge is 0.364 e. The lowest BCUT2D eigenvalue weighted by molar-refractivity contribution is -0.141. The number of nitrogens with one attached hydrogen (secondary N) is 1. The molecule has 2 bridgehead atoms. The van der Waals surface area contributed by atoms with Crippen LogP contribution in [0.4, 0.5) is 19.0 Å². The van der Waals surface area contributed by atoms with Crippen LogP contribution in [0.5, 0.6) is 0 Å². The second-order valence-electron chi connectivity index (χ2n) is 8.66. The van der Waals surface area contributed by atoms with Crippen molar-refractivity contribution in [2.24, 2.45) is 5.92 Å². The highest BCUT2D eigenvalue weighted by Crippen LogP contribution is 2.38. The molecular weight excluding hydrogens is 447 g/mol. The summed E-state index contributed by atoms with van der Waals surface area (Å²) in [6.45, 7) is 2.42. The summed E-state index contributed by atoms with van der Waals surface area (Å²) in [6.07, 6.45) is 3.06. The van der Waals surface area contributed by atoms with Crippen molar-refractivity contribution in [3.63, 3.8) is 0 Å². The third kappa shape index (κ3) is 4.29. The minimum Gasteiger partial charge on any atom is -0.364 e. The zero-order valence-electron chi connectivity index (χ0n) is 18.3. The number of carbonyl (C=O) groups is 1. The van der Waals surface area contributed by atoms with Crippen LogP contribution in [0.3, 0.4) is 0 Å². The molecule has 0 unspecified atom stereocenters. The first-order valence-corrected chi connectivity index (χ1v) is 11.0. The lowest BCUT2D eigenvalue weighted by atomic mass is 9.76. The van der Waals surface area contributed by atoms with Crippen molar-refractivity contribution in [1.82, 2.24) is 29.8 Å². The number of amides is 1. The fourth-order valence-electron chi connectivity index (χ4n) is 4.80. The number of aromatic nitrogens is 5. The second kappa shape index (κ2) is 8.62. The van der Waals surface area contributed by atoms with E-state index in [0.717, 1.165) is 31.7 Å². The quantitative estimate of drug-likeness (QED) is 0.621. The van der Waals surface area contributed by atoms with Gasteiger partial charge in [-0.15, -0.1) is 0 Å². The van der Waals surface area contributed by atoms with Gasteiger partial charge in [0.25, 0.3) is 5.91 Å². The van der Waals surface area contributed by atoms with Crippen LogP contribution in [0.15, 0.2) is 43.0 Å². The maximum Gasteiger partial charge on any atom is 0.434 e. The number of aryl methyl sites for hydroxylation is 1. The number of anilines is 1. The molecule has 3 aromatic rings. The Bertz CT molecular complexity index is 1190. The van der Waals surface area contributed by atoms with Crippen LogP contribution in [0, 0.1) is 12.8 Å². The topological polar surface area (TPSA) is 96.8 Å². The molecule has 1 saturated carbocycles. The van der Waals surface area contributed by atoms with Gasteiger partial charge in [0.2, 0.25) is 0 Å². The molecule has 1 N–H and O–H groups in total. The summed E-state index contributed by atoms with van der Waals surface area (Å²) >= 11 is 0. The summed E-state index contributed by atoms with van der Waals surface area (Å²) in [7, 11) is 0. The molecule has 0 aromatic carbocycles. The number of piperidine rings is 2. The molecule has 3 fully saturated rings. The lowest BCUT2D eigenvalue weighted by Crippen LogP contribution is -2.60. The Hall–Kier alpha value is -3.63. The largest absolute Gasteiger partial charge is 0.434 e. The van der Waals surface area contributed by atoms with Crippen molar-refractivity contribution >= 4 is 11.7 Å². The maximum absolute atomic E-state index is 13.7. The zero-order chi connectivity index (χ0) is 23.9. The number of alkyl halides is 3. The predicted molar refractivity (Wildman–Crippen MR) is 117 cm³/mol. The van der Waals surface area contributed by atoms with Gasteiger partial charge in [-0.25, -0.2) is 24.9 Å². The molecule has 5 heterocycles. The normalized spacial score (nSPS) is 22.0. The molecule has 34 heavy (non-hydrogen) atoms. The predicted octanol–water partition coefficient (Wildman–Crippen LogP) is 3.76. The number of fused-ring (bicyclic) bond motifs is 3. The summed E-state index contributed by atoms with van der Waals surface area (Å²) < 4.78 is 38.4. The van der Waals surface area contributed by atoms with E-state index in [2.05, 4.69) is 30.2 Å². The number of hydrogen-bond donors (Lipinski definition) is 1. The fraction of sp³-hybridized carbons (Fsp3) is 0.391. The minimum atomic E-state index is -4.54. The average Bonchev–Trinajstić information content (AvgIpc) is 2.84. The van der Waals surface area contributed by atoms with Gasteiger partial charge in [0, 0.05) is 30.7 Å². The van der Waals surface area contributed by atoms with E-state index in [0.29, 0.717) is 29.3 Å². The van der Waals surface area contributed by atoms with Crippen LogP contribution in [0.1, 0.15) is 41.1 Å². The lowest BCUT2D eigenvalue weighted by Gasteiger charge is -2.50. The van der Waals surface area contributed by atoms with Gasteiger partial charge >= 0.3 is 6.18 Å². The Morgan fingerprint density at radius 3 is 2.56 bits per heavy atom. The van der Waals surface area contributed by atoms with Crippen LogP contribution in [-0.2, 0) is 6.18 Å². The molecular formula is C23H22F3N7O. The highest BCUT2D eigenvalue weighted by Gasteiger charge is 2.44. The third-order valence-corrected chi connectivity index (χ3v) is 6.36. The molecule has 3 atom stereocenters. The van der Waals surface area contributed by atoms with E-state index >= 15 is 0 Å². The minimum absolute atomic E-state index is 0.145. The van der Waals surface area contributed by atoms with E-state index in [1.54, 1.807) is 24.5 Å². The Labute approximate surface area is 193 Å². The first kappa shape index (κ1) is 22.2. The standard InChI is InChI=1S/C23H22F3N7O/c1-13-3-5-15(21-27-7-2-8-28-21)20(31-13)22(34)33-12-14-4-6-17(33)16(9-14)32-19-11-29-18(10-30-19)23(24,25)26/h2-3,5,7-8,10-11,14,16-17H,4,6,9,12H2,1H3,(H,30,32)/t14-,16-,17+/m1/s1. The van der Waals surface area contributed by atoms with Gasteiger partial charge in [0.05, 0.1) is 24.0 Å². The van der Waals surface area contributed by atoms with Gasteiger partial charge in [0.1, 0.15) is 11.5 Å². The van der Waals surface area contributed by atoms with E-state index in [1.165, 1.54) is 0 Å². The van der Waals surface area contributed by atoms with Gasteiger partial charge in [-0.1, -0.05) is 0 Å². The number of halogens is 3. The van der Waals surface area contributed by atoms with E-state index < -0.39 is 11.9 Å². The molecule has 2 aliphatic heterocycles. The molecule has 3 aliphatic rings. The molecule has 3 aromatic heterocycles. The Balaban J connectivity index is 1.40. The number of carbonyl (C=O) groups excluding carboxylic acids is 1. The second-order valence-corrected chi connectivity index (χ2v) is 8.66. The highest BCUT2D eigenvalue weighted by atomic mass is 19.4. The molecule has 2 saturated heterocycles. The molecule has 0 spiro atoms. The summed E-state index contributed by atoms with van der Waals surface area (Å²) in [4.78, 5) is 36.0. The zero-order valence-corrected chi connectivity index (χ0v) is 18.3. The van der Waals surface area contributed by atoms with Gasteiger partial charge in [-0.05, 0) is 50.3 Å². The Morgan fingerprint density at radius 1 is 1.09 bits per heavy atom. The van der Waals surface area contributed by atoms with Crippen LogP contribution in [0.25, 0.3) is 11.4 Å².